The number of benzene rings is 4. The van der Waals surface area contributed by atoms with E-state index >= 15 is 0 Å². The molecule has 7 rings (SSSR count). The van der Waals surface area contributed by atoms with Crippen LogP contribution in [0.5, 0.6) is 5.75 Å². The van der Waals surface area contributed by atoms with Crippen molar-refractivity contribution in [2.45, 2.75) is 40.8 Å². The molecule has 8 heteroatoms. The fourth-order valence-corrected chi connectivity index (χ4v) is 8.46. The summed E-state index contributed by atoms with van der Waals surface area (Å²) in [6, 6.07) is 29.4. The predicted molar refractivity (Wildman–Crippen MR) is 154 cm³/mol. The summed E-state index contributed by atoms with van der Waals surface area (Å²) in [5.74, 6) is -0.336. The van der Waals surface area contributed by atoms with Crippen LogP contribution in [0.2, 0.25) is 0 Å². The zero-order valence-electron chi connectivity index (χ0n) is 20.9. The van der Waals surface area contributed by atoms with E-state index in [-0.39, 0.29) is 10.7 Å². The maximum atomic E-state index is 14.5. The van der Waals surface area contributed by atoms with Gasteiger partial charge >= 0.3 is 5.54 Å². The molecule has 0 saturated carbocycles. The highest BCUT2D eigenvalue weighted by Gasteiger charge is 2.78. The molecule has 0 aliphatic carbocycles. The normalized spacial score (nSPS) is 26.2. The summed E-state index contributed by atoms with van der Waals surface area (Å²) in [5.41, 5.74) is 2.17. The van der Waals surface area contributed by atoms with Crippen LogP contribution in [0.4, 0.5) is 5.69 Å². The molecular formula is C31H23BrN2O4S. The molecular weight excluding hydrogens is 576 g/mol. The molecule has 0 spiro atoms. The van der Waals surface area contributed by atoms with Crippen molar-refractivity contribution in [3.8, 4) is 5.75 Å². The molecule has 194 valence electrons. The van der Waals surface area contributed by atoms with E-state index in [1.54, 1.807) is 12.1 Å². The molecule has 0 bridgehead atoms. The van der Waals surface area contributed by atoms with Crippen molar-refractivity contribution in [1.82, 2.24) is 0 Å². The van der Waals surface area contributed by atoms with Crippen molar-refractivity contribution in [2.75, 3.05) is 4.90 Å². The number of para-hydroxylation sites is 1. The Bertz CT molecular complexity index is 1630. The maximum Gasteiger partial charge on any atom is 0.301 e. The van der Waals surface area contributed by atoms with Crippen LogP contribution in [0, 0.1) is 17.0 Å². The first-order chi connectivity index (χ1) is 18.9. The highest BCUT2D eigenvalue weighted by Crippen LogP contribution is 2.66. The van der Waals surface area contributed by atoms with Gasteiger partial charge in [-0.1, -0.05) is 100.0 Å². The van der Waals surface area contributed by atoms with Gasteiger partial charge in [0, 0.05) is 25.4 Å². The predicted octanol–water partition coefficient (Wildman–Crippen LogP) is 7.19. The van der Waals surface area contributed by atoms with Gasteiger partial charge in [-0.25, -0.2) is 0 Å². The van der Waals surface area contributed by atoms with Crippen molar-refractivity contribution in [3.05, 3.63) is 134 Å². The van der Waals surface area contributed by atoms with Crippen LogP contribution in [0.15, 0.2) is 106 Å². The summed E-state index contributed by atoms with van der Waals surface area (Å²) in [5, 5.41) is 13.0. The molecule has 0 N–H and O–H groups in total. The lowest BCUT2D eigenvalue weighted by Crippen LogP contribution is -2.58. The number of Topliss-reactive ketones (excluding diaryl/α,β-unsaturated/α-hetero) is 1. The Balaban J connectivity index is 1.55. The third-order valence-electron chi connectivity index (χ3n) is 8.14. The first-order valence-corrected chi connectivity index (χ1v) is 14.4. The first kappa shape index (κ1) is 24.4. The second-order valence-corrected chi connectivity index (χ2v) is 12.3. The lowest BCUT2D eigenvalue weighted by Gasteiger charge is -2.42. The van der Waals surface area contributed by atoms with Gasteiger partial charge in [0.15, 0.2) is 17.3 Å². The summed E-state index contributed by atoms with van der Waals surface area (Å²) in [6.45, 7) is 1.99. The number of carbonyl (C=O) groups is 1. The van der Waals surface area contributed by atoms with Gasteiger partial charge in [0.05, 0.1) is 11.6 Å². The van der Waals surface area contributed by atoms with Gasteiger partial charge in [-0.05, 0) is 42.8 Å². The lowest BCUT2D eigenvalue weighted by molar-refractivity contribution is -0.585. The van der Waals surface area contributed by atoms with E-state index < -0.39 is 29.0 Å². The topological polar surface area (TPSA) is 72.7 Å². The van der Waals surface area contributed by atoms with E-state index in [1.807, 2.05) is 96.8 Å². The van der Waals surface area contributed by atoms with Crippen LogP contribution >= 0.6 is 27.7 Å². The molecule has 3 aliphatic heterocycles. The lowest BCUT2D eigenvalue weighted by atomic mass is 9.70. The summed E-state index contributed by atoms with van der Waals surface area (Å²) >= 11 is 5.03. The molecule has 0 aromatic heterocycles. The van der Waals surface area contributed by atoms with E-state index in [1.165, 1.54) is 11.8 Å². The Hall–Kier alpha value is -3.62. The van der Waals surface area contributed by atoms with Gasteiger partial charge in [-0.3, -0.25) is 14.9 Å². The molecule has 6 nitrogen and oxygen atoms in total. The number of aryl methyl sites for hydroxylation is 1. The average Bonchev–Trinajstić information content (AvgIpc) is 3.47. The number of hydrogen-bond acceptors (Lipinski definition) is 6. The standard InChI is InChI=1S/C31H23BrN2O4S/c1-18-11-13-20(14-12-18)29-31(34(36)37)26(22-17-21(32)15-16-24(22)38-29)27(28(35)19-7-3-2-4-8-19)33-23-9-5-6-10-25(23)39-30(31)33/h2-17,26-27,29-30H,1H3/t26-,27-,29-,30+,31-/m1/s1. The monoisotopic (exact) mass is 598 g/mol. The number of thioether (sulfide) groups is 1. The molecule has 4 aromatic carbocycles. The van der Waals surface area contributed by atoms with Gasteiger partial charge in [0.2, 0.25) is 0 Å². The van der Waals surface area contributed by atoms with Gasteiger partial charge in [-0.2, -0.15) is 0 Å². The zero-order chi connectivity index (χ0) is 26.9. The number of ketones is 1. The second kappa shape index (κ2) is 8.96. The minimum Gasteiger partial charge on any atom is -0.478 e. The minimum atomic E-state index is -1.65. The fraction of sp³-hybridized carbons (Fsp3) is 0.194. The summed E-state index contributed by atoms with van der Waals surface area (Å²) in [6.07, 6.45) is -0.908. The summed E-state index contributed by atoms with van der Waals surface area (Å²) < 4.78 is 7.40. The van der Waals surface area contributed by atoms with Crippen molar-refractivity contribution in [3.63, 3.8) is 0 Å². The third kappa shape index (κ3) is 3.44. The molecule has 3 heterocycles. The number of fused-ring (bicyclic) bond motifs is 7. The largest absolute Gasteiger partial charge is 0.478 e. The molecule has 4 aromatic rings. The number of rotatable bonds is 4. The zero-order valence-corrected chi connectivity index (χ0v) is 23.3. The average molecular weight is 600 g/mol. The van der Waals surface area contributed by atoms with Crippen LogP contribution in [-0.4, -0.2) is 27.7 Å². The van der Waals surface area contributed by atoms with E-state index in [0.717, 1.165) is 26.2 Å². The SMILES string of the molecule is Cc1ccc([C@H]2Oc3ccc(Br)cc3[C@@H]3[C@H](C(=O)c4ccccc4)N4c5ccccc5S[C@H]4[C@]23[N+](=O)[O-])cc1. The quantitative estimate of drug-likeness (QED) is 0.140. The fourth-order valence-electron chi connectivity index (χ4n) is 6.48. The molecule has 0 unspecified atom stereocenters. The van der Waals surface area contributed by atoms with Crippen molar-refractivity contribution in [1.29, 1.82) is 0 Å². The summed E-state index contributed by atoms with van der Waals surface area (Å²) in [4.78, 5) is 30.9. The maximum absolute atomic E-state index is 14.5. The number of ether oxygens (including phenoxy) is 1. The Morgan fingerprint density at radius 2 is 1.72 bits per heavy atom. The number of nitro groups is 1. The Morgan fingerprint density at radius 3 is 2.46 bits per heavy atom. The number of halogens is 1. The van der Waals surface area contributed by atoms with Gasteiger partial charge in [0.25, 0.3) is 0 Å². The molecule has 1 fully saturated rings. The van der Waals surface area contributed by atoms with Crippen LogP contribution in [0.3, 0.4) is 0 Å². The number of carbonyl (C=O) groups excluding carboxylic acids is 1. The van der Waals surface area contributed by atoms with Gasteiger partial charge < -0.3 is 9.64 Å². The molecule has 39 heavy (non-hydrogen) atoms. The van der Waals surface area contributed by atoms with E-state index in [2.05, 4.69) is 15.9 Å². The highest BCUT2D eigenvalue weighted by molar-refractivity contribution is 9.10. The van der Waals surface area contributed by atoms with Crippen LogP contribution in [0.1, 0.15) is 39.1 Å². The molecule has 3 aliphatic rings. The number of anilines is 1. The Kier molecular flexibility index (Phi) is 5.61. The number of hydrogen-bond donors (Lipinski definition) is 0. The minimum absolute atomic E-state index is 0.137. The van der Waals surface area contributed by atoms with Gasteiger partial charge in [0.1, 0.15) is 11.8 Å². The third-order valence-corrected chi connectivity index (χ3v) is 10.1. The van der Waals surface area contributed by atoms with Crippen molar-refractivity contribution < 1.29 is 14.5 Å². The molecule has 0 radical (unpaired) electrons. The first-order valence-electron chi connectivity index (χ1n) is 12.7. The van der Waals surface area contributed by atoms with E-state index in [9.17, 15) is 14.9 Å². The van der Waals surface area contributed by atoms with Crippen molar-refractivity contribution in [2.24, 2.45) is 0 Å². The molecule has 5 atom stereocenters. The van der Waals surface area contributed by atoms with E-state index in [0.29, 0.717) is 16.9 Å². The van der Waals surface area contributed by atoms with Crippen LogP contribution < -0.4 is 9.64 Å². The molecule has 1 saturated heterocycles. The smallest absolute Gasteiger partial charge is 0.301 e. The van der Waals surface area contributed by atoms with Gasteiger partial charge in [-0.15, -0.1) is 0 Å². The highest BCUT2D eigenvalue weighted by atomic mass is 79.9. The van der Waals surface area contributed by atoms with Crippen LogP contribution in [0.25, 0.3) is 0 Å². The van der Waals surface area contributed by atoms with E-state index in [4.69, 9.17) is 4.74 Å². The number of nitrogens with zero attached hydrogens (tertiary/aromatic N) is 2. The summed E-state index contributed by atoms with van der Waals surface area (Å²) in [7, 11) is 0. The Morgan fingerprint density at radius 1 is 1.00 bits per heavy atom. The van der Waals surface area contributed by atoms with Crippen LogP contribution in [-0.2, 0) is 0 Å². The van der Waals surface area contributed by atoms with Crippen molar-refractivity contribution >= 4 is 39.2 Å². The second-order valence-electron chi connectivity index (χ2n) is 10.2. The molecule has 0 amide bonds. The Labute approximate surface area is 238 Å².